The Labute approximate surface area is 419 Å². The molecule has 2 saturated heterocycles. The molecular formula is C52H54F3N7O7S2. The Kier molecular flexibility index (Phi) is 16.4. The molecule has 0 aliphatic carbocycles. The van der Waals surface area contributed by atoms with Crippen LogP contribution in [0.15, 0.2) is 96.5 Å². The molecule has 2 fully saturated rings. The van der Waals surface area contributed by atoms with Crippen molar-refractivity contribution in [3.05, 3.63) is 119 Å². The number of nitrogens with zero attached hydrogens (tertiary/aromatic N) is 5. The van der Waals surface area contributed by atoms with Gasteiger partial charge in [0.1, 0.15) is 23.9 Å². The maximum absolute atomic E-state index is 14.1. The topological polar surface area (TPSA) is 177 Å². The number of aromatic nitrogens is 1. The molecule has 0 spiro atoms. The highest BCUT2D eigenvalue weighted by Gasteiger charge is 2.51. The number of amides is 4. The molecule has 3 N–H and O–H groups in total. The number of ether oxygens (including phenoxy) is 2. The van der Waals surface area contributed by atoms with E-state index < -0.39 is 64.7 Å². The first-order valence-electron chi connectivity index (χ1n) is 23.0. The number of aliphatic hydroxyl groups excluding tert-OH is 1. The van der Waals surface area contributed by atoms with Crippen molar-refractivity contribution in [2.24, 2.45) is 5.92 Å². The lowest BCUT2D eigenvalue weighted by molar-refractivity contribution is -0.150. The summed E-state index contributed by atoms with van der Waals surface area (Å²) < 4.78 is 52.9. The van der Waals surface area contributed by atoms with Gasteiger partial charge in [-0.1, -0.05) is 62.4 Å². The van der Waals surface area contributed by atoms with Crippen molar-refractivity contribution in [2.45, 2.75) is 90.3 Å². The minimum absolute atomic E-state index is 0.00273. The zero-order chi connectivity index (χ0) is 51.2. The molecule has 71 heavy (non-hydrogen) atoms. The molecule has 7 rings (SSSR count). The molecule has 2 aliphatic heterocycles. The fourth-order valence-electron chi connectivity index (χ4n) is 8.44. The largest absolute Gasteiger partial charge is 0.494 e. The van der Waals surface area contributed by atoms with Crippen LogP contribution in [0, 0.1) is 24.2 Å². The Bertz CT molecular complexity index is 2800. The van der Waals surface area contributed by atoms with Gasteiger partial charge in [-0.25, -0.2) is 4.98 Å². The van der Waals surface area contributed by atoms with E-state index in [1.807, 2.05) is 67.6 Å². The van der Waals surface area contributed by atoms with Crippen LogP contribution in [0.2, 0.25) is 0 Å². The molecule has 1 aromatic heterocycles. The van der Waals surface area contributed by atoms with Gasteiger partial charge in [0.2, 0.25) is 11.8 Å². The number of aliphatic hydroxyl groups is 1. The predicted molar refractivity (Wildman–Crippen MR) is 267 cm³/mol. The standard InChI is InChI=1S/C52H54F3N7O7S2/c1-31(2)45(48(66)60(47(65)43-25-40(63)27-57-43)28-33-8-10-36(11-9-33)46-32(3)58-30-71-46)59-44(64)29-68-22-6-7-23-69-41-20-15-35(16-21-41)34-12-17-38(18-13-34)62-50(70)61(49(67)51(62,4)5)39-19-14-37(26-56)42(24-39)52(53,54)55/h8-21,24,30-31,40,43,45,57,63H,6-7,22-23,25,27-29H2,1-5H3,(H,59,64)/t40-,43+,45+/m1/s1. The van der Waals surface area contributed by atoms with Gasteiger partial charge in [-0.3, -0.25) is 29.0 Å². The van der Waals surface area contributed by atoms with Crippen LogP contribution in [-0.2, 0) is 36.6 Å². The van der Waals surface area contributed by atoms with Crippen LogP contribution in [0.4, 0.5) is 24.5 Å². The van der Waals surface area contributed by atoms with E-state index in [4.69, 9.17) is 21.7 Å². The first kappa shape index (κ1) is 52.3. The number of unbranched alkanes of at least 4 members (excludes halogenated alkanes) is 1. The van der Waals surface area contributed by atoms with E-state index in [1.54, 1.807) is 56.3 Å². The van der Waals surface area contributed by atoms with E-state index in [0.29, 0.717) is 30.9 Å². The van der Waals surface area contributed by atoms with Crippen molar-refractivity contribution in [2.75, 3.05) is 36.2 Å². The number of alkyl halides is 3. The highest BCUT2D eigenvalue weighted by atomic mass is 32.1. The molecule has 0 bridgehead atoms. The van der Waals surface area contributed by atoms with Gasteiger partial charge in [0.25, 0.3) is 11.8 Å². The Balaban J connectivity index is 0.869. The monoisotopic (exact) mass is 1010 g/mol. The van der Waals surface area contributed by atoms with E-state index in [9.17, 15) is 42.7 Å². The molecule has 4 aromatic carbocycles. The second kappa shape index (κ2) is 22.2. The number of anilines is 2. The van der Waals surface area contributed by atoms with Crippen LogP contribution >= 0.6 is 23.6 Å². The SMILES string of the molecule is Cc1ncsc1-c1ccc(CN(C(=O)[C@@H]2C[C@@H](O)CN2)C(=O)[C@@H](NC(=O)COCCCCOc2ccc(-c3ccc(N4C(=S)N(c5ccc(C#N)c(C(F)(F)F)c5)C(=O)C4(C)C)cc3)cc2)C(C)C)cc1. The number of thiocarbonyl (C=S) groups is 1. The Hall–Kier alpha value is -6.56. The number of nitriles is 1. The van der Waals surface area contributed by atoms with Crippen LogP contribution in [0.1, 0.15) is 69.3 Å². The maximum Gasteiger partial charge on any atom is 0.417 e. The van der Waals surface area contributed by atoms with Gasteiger partial charge in [0, 0.05) is 18.8 Å². The molecule has 2 aliphatic rings. The summed E-state index contributed by atoms with van der Waals surface area (Å²) in [5.41, 5.74) is 3.67. The molecule has 0 saturated carbocycles. The molecule has 3 atom stereocenters. The third-order valence-corrected chi connectivity index (χ3v) is 13.7. The average Bonchev–Trinajstić information content (AvgIpc) is 4.03. The molecular weight excluding hydrogens is 956 g/mol. The number of carbonyl (C=O) groups excluding carboxylic acids is 4. The zero-order valence-electron chi connectivity index (χ0n) is 39.8. The average molecular weight is 1010 g/mol. The summed E-state index contributed by atoms with van der Waals surface area (Å²) in [5, 5.41) is 25.2. The van der Waals surface area contributed by atoms with Gasteiger partial charge < -0.3 is 30.1 Å². The number of hydrogen-bond donors (Lipinski definition) is 3. The van der Waals surface area contributed by atoms with Crippen LogP contribution in [0.5, 0.6) is 5.75 Å². The maximum atomic E-state index is 14.1. The van der Waals surface area contributed by atoms with E-state index in [1.165, 1.54) is 17.4 Å². The number of imide groups is 1. The summed E-state index contributed by atoms with van der Waals surface area (Å²) in [7, 11) is 0. The molecule has 3 heterocycles. The molecule has 4 amide bonds. The molecule has 19 heteroatoms. The number of carbonyl (C=O) groups is 4. The second-order valence-corrected chi connectivity index (χ2v) is 19.4. The smallest absolute Gasteiger partial charge is 0.417 e. The summed E-state index contributed by atoms with van der Waals surface area (Å²) >= 11 is 7.20. The van der Waals surface area contributed by atoms with Crippen molar-refractivity contribution >= 4 is 63.7 Å². The minimum atomic E-state index is -4.81. The molecule has 14 nitrogen and oxygen atoms in total. The summed E-state index contributed by atoms with van der Waals surface area (Å²) in [4.78, 5) is 63.9. The van der Waals surface area contributed by atoms with Crippen molar-refractivity contribution in [3.63, 3.8) is 0 Å². The van der Waals surface area contributed by atoms with E-state index in [0.717, 1.165) is 54.8 Å². The van der Waals surface area contributed by atoms with E-state index in [-0.39, 0.29) is 49.4 Å². The van der Waals surface area contributed by atoms with Crippen LogP contribution in [-0.4, -0.2) is 93.8 Å². The highest BCUT2D eigenvalue weighted by molar-refractivity contribution is 7.81. The number of aryl methyl sites for hydroxylation is 1. The van der Waals surface area contributed by atoms with E-state index in [2.05, 4.69) is 15.6 Å². The summed E-state index contributed by atoms with van der Waals surface area (Å²) in [6.45, 7) is 9.38. The lowest BCUT2D eigenvalue weighted by Crippen LogP contribution is -2.56. The number of thiazole rings is 1. The summed E-state index contributed by atoms with van der Waals surface area (Å²) in [6, 6.07) is 25.2. The lowest BCUT2D eigenvalue weighted by Gasteiger charge is -2.30. The first-order chi connectivity index (χ1) is 33.8. The summed E-state index contributed by atoms with van der Waals surface area (Å²) in [5.74, 6) is -1.75. The summed E-state index contributed by atoms with van der Waals surface area (Å²) in [6.07, 6.45) is -4.12. The third kappa shape index (κ3) is 12.0. The third-order valence-electron chi connectivity index (χ3n) is 12.3. The van der Waals surface area contributed by atoms with Crippen molar-refractivity contribution < 1.29 is 46.9 Å². The van der Waals surface area contributed by atoms with Crippen LogP contribution in [0.25, 0.3) is 21.6 Å². The quantitative estimate of drug-likeness (QED) is 0.0568. The number of rotatable bonds is 18. The number of β-amino-alcohol motifs (C(OH)–C–C–N with tert-alkyl or cyclic N) is 1. The van der Waals surface area contributed by atoms with Crippen molar-refractivity contribution in [1.29, 1.82) is 5.26 Å². The number of halogens is 3. The van der Waals surface area contributed by atoms with Gasteiger partial charge in [-0.05, 0) is 123 Å². The first-order valence-corrected chi connectivity index (χ1v) is 24.3. The Morgan fingerprint density at radius 3 is 2.21 bits per heavy atom. The minimum Gasteiger partial charge on any atom is -0.494 e. The molecule has 372 valence electrons. The second-order valence-electron chi connectivity index (χ2n) is 18.2. The molecule has 0 radical (unpaired) electrons. The van der Waals surface area contributed by atoms with Crippen LogP contribution in [0.3, 0.4) is 0 Å². The Morgan fingerprint density at radius 2 is 1.62 bits per heavy atom. The van der Waals surface area contributed by atoms with Crippen molar-refractivity contribution in [3.8, 4) is 33.4 Å². The van der Waals surface area contributed by atoms with Gasteiger partial charge in [-0.15, -0.1) is 11.3 Å². The van der Waals surface area contributed by atoms with Gasteiger partial charge >= 0.3 is 6.18 Å². The van der Waals surface area contributed by atoms with Gasteiger partial charge in [-0.2, -0.15) is 18.4 Å². The molecule has 5 aromatic rings. The van der Waals surface area contributed by atoms with Gasteiger partial charge in [0.05, 0.1) is 64.3 Å². The predicted octanol–water partition coefficient (Wildman–Crippen LogP) is 8.19. The highest BCUT2D eigenvalue weighted by Crippen LogP contribution is 2.40. The van der Waals surface area contributed by atoms with Crippen molar-refractivity contribution in [1.82, 2.24) is 20.5 Å². The van der Waals surface area contributed by atoms with Gasteiger partial charge in [0.15, 0.2) is 5.11 Å². The lowest BCUT2D eigenvalue weighted by atomic mass is 10.0. The number of nitrogens with one attached hydrogen (secondary N) is 2. The zero-order valence-corrected chi connectivity index (χ0v) is 41.4. The fourth-order valence-corrected chi connectivity index (χ4v) is 9.78. The Morgan fingerprint density at radius 1 is 0.986 bits per heavy atom. The normalized spacial score (nSPS) is 17.1. The number of benzene rings is 4. The van der Waals surface area contributed by atoms with Crippen LogP contribution < -0.4 is 25.2 Å². The number of hydrogen-bond acceptors (Lipinski definition) is 12. The van der Waals surface area contributed by atoms with E-state index >= 15 is 0 Å². The molecule has 0 unspecified atom stereocenters. The fraction of sp³-hybridized carbons (Fsp3) is 0.365.